The number of hydroxylamine groups is 2. The molecular formula is C9H10ClF3N4O3S. The average Bonchev–Trinajstić information content (AvgIpc) is 2.95. The predicted octanol–water partition coefficient (Wildman–Crippen LogP) is 1.72. The summed E-state index contributed by atoms with van der Waals surface area (Å²) in [5.74, 6) is -0.713. The smallest absolute Gasteiger partial charge is 0.445 e. The Labute approximate surface area is 126 Å². The fraction of sp³-hybridized carbons (Fsp3) is 0.667. The minimum Gasteiger partial charge on any atom is -0.622 e. The Kier molecular flexibility index (Phi) is 4.40. The molecule has 21 heavy (non-hydrogen) atoms. The maximum atomic E-state index is 12.8. The highest BCUT2D eigenvalue weighted by Crippen LogP contribution is 2.39. The second-order valence-electron chi connectivity index (χ2n) is 4.36. The summed E-state index contributed by atoms with van der Waals surface area (Å²) in [6, 6.07) is -0.0229. The van der Waals surface area contributed by atoms with Crippen LogP contribution in [0.25, 0.3) is 0 Å². The van der Waals surface area contributed by atoms with Crippen molar-refractivity contribution in [3.63, 3.8) is 0 Å². The Morgan fingerprint density at radius 1 is 1.62 bits per heavy atom. The van der Waals surface area contributed by atoms with E-state index in [0.717, 1.165) is 6.92 Å². The molecule has 0 saturated carbocycles. The number of carbonyl (C=O) groups excluding carboxylic acids is 1. The van der Waals surface area contributed by atoms with Crippen molar-refractivity contribution in [2.45, 2.75) is 19.3 Å². The van der Waals surface area contributed by atoms with Gasteiger partial charge in [-0.2, -0.15) is 13.2 Å². The van der Waals surface area contributed by atoms with Gasteiger partial charge in [-0.3, -0.25) is 9.44 Å². The van der Waals surface area contributed by atoms with Crippen LogP contribution in [0.2, 0.25) is 0 Å². The quantitative estimate of drug-likeness (QED) is 0.273. The van der Waals surface area contributed by atoms with Crippen LogP contribution >= 0.6 is 22.9 Å². The van der Waals surface area contributed by atoms with Crippen LogP contribution in [0.3, 0.4) is 0 Å². The summed E-state index contributed by atoms with van der Waals surface area (Å²) in [6.45, 7) is 0.844. The van der Waals surface area contributed by atoms with Crippen molar-refractivity contribution in [1.82, 2.24) is 19.7 Å². The van der Waals surface area contributed by atoms with Crippen LogP contribution in [0.15, 0.2) is 0 Å². The van der Waals surface area contributed by atoms with E-state index < -0.39 is 33.2 Å². The van der Waals surface area contributed by atoms with Crippen LogP contribution in [0.1, 0.15) is 11.9 Å². The van der Waals surface area contributed by atoms with Gasteiger partial charge in [-0.15, -0.1) is 16.7 Å². The number of carbonyl (C=O) groups is 1. The van der Waals surface area contributed by atoms with Crippen molar-refractivity contribution < 1.29 is 22.7 Å². The molecule has 0 bridgehead atoms. The van der Waals surface area contributed by atoms with E-state index in [1.807, 2.05) is 0 Å². The number of alkyl halides is 4. The first kappa shape index (κ1) is 16.4. The van der Waals surface area contributed by atoms with Gasteiger partial charge in [-0.05, 0) is 11.3 Å². The molecule has 2 rings (SSSR count). The lowest BCUT2D eigenvalue weighted by Gasteiger charge is -2.38. The molecule has 0 spiro atoms. The molecule has 1 fully saturated rings. The van der Waals surface area contributed by atoms with E-state index in [2.05, 4.69) is 10.2 Å². The first-order valence-electron chi connectivity index (χ1n) is 5.62. The first-order valence-corrected chi connectivity index (χ1v) is 6.97. The van der Waals surface area contributed by atoms with Gasteiger partial charge in [-0.25, -0.2) is 4.90 Å². The number of halogens is 4. The van der Waals surface area contributed by atoms with Gasteiger partial charge < -0.3 is 9.94 Å². The number of hydrogen-bond acceptors (Lipinski definition) is 7. The third-order valence-electron chi connectivity index (χ3n) is 2.74. The second kappa shape index (κ2) is 5.65. The molecule has 2 atom stereocenters. The molecule has 0 aliphatic carbocycles. The number of hydrogen-bond donors (Lipinski definition) is 0. The summed E-state index contributed by atoms with van der Waals surface area (Å²) >= 11 is 5.76. The van der Waals surface area contributed by atoms with Crippen LogP contribution < -0.4 is 4.65 Å². The van der Waals surface area contributed by atoms with Crippen molar-refractivity contribution in [3.8, 4) is 0 Å². The van der Waals surface area contributed by atoms with Crippen LogP contribution in [0.5, 0.6) is 0 Å². The summed E-state index contributed by atoms with van der Waals surface area (Å²) < 4.78 is 41.2. The zero-order valence-electron chi connectivity index (χ0n) is 10.6. The van der Waals surface area contributed by atoms with Crippen LogP contribution in [0.4, 0.5) is 18.3 Å². The molecule has 2 unspecified atom stereocenters. The monoisotopic (exact) mass is 346 g/mol. The van der Waals surface area contributed by atoms with E-state index in [1.54, 1.807) is 0 Å². The largest absolute Gasteiger partial charge is 0.622 e. The van der Waals surface area contributed by atoms with E-state index in [4.69, 9.17) is 16.3 Å². The SMILES string of the molecule is CC(=O)OC1CN(CCl)C[N+]1([O-])c1nnc(C(F)(F)F)s1. The van der Waals surface area contributed by atoms with Gasteiger partial charge in [-0.1, -0.05) is 5.10 Å². The number of ether oxygens (including phenoxy) is 1. The van der Waals surface area contributed by atoms with Gasteiger partial charge in [0.25, 0.3) is 6.23 Å². The van der Waals surface area contributed by atoms with E-state index >= 15 is 0 Å². The summed E-state index contributed by atoms with van der Waals surface area (Å²) in [4.78, 5) is 12.5. The van der Waals surface area contributed by atoms with Crippen LogP contribution in [-0.4, -0.2) is 46.5 Å². The molecule has 0 N–H and O–H groups in total. The van der Waals surface area contributed by atoms with Gasteiger partial charge >= 0.3 is 17.3 Å². The van der Waals surface area contributed by atoms with Crippen molar-refractivity contribution >= 4 is 34.0 Å². The van der Waals surface area contributed by atoms with Crippen molar-refractivity contribution in [3.05, 3.63) is 10.2 Å². The molecule has 1 aliphatic rings. The second-order valence-corrected chi connectivity index (χ2v) is 5.56. The first-order chi connectivity index (χ1) is 9.66. The third kappa shape index (κ3) is 3.26. The molecule has 0 aromatic carbocycles. The van der Waals surface area contributed by atoms with E-state index in [1.165, 1.54) is 4.90 Å². The minimum absolute atomic E-state index is 0.00745. The van der Waals surface area contributed by atoms with Crippen molar-refractivity contribution in [1.29, 1.82) is 0 Å². The molecule has 118 valence electrons. The molecule has 1 aliphatic heterocycles. The Morgan fingerprint density at radius 3 is 2.76 bits per heavy atom. The lowest BCUT2D eigenvalue weighted by Crippen LogP contribution is -2.50. The lowest BCUT2D eigenvalue weighted by molar-refractivity contribution is -0.150. The molecule has 1 aromatic heterocycles. The fourth-order valence-electron chi connectivity index (χ4n) is 1.87. The molecule has 0 radical (unpaired) electrons. The summed E-state index contributed by atoms with van der Waals surface area (Å²) in [6.07, 6.45) is -5.91. The summed E-state index contributed by atoms with van der Waals surface area (Å²) in [5.41, 5.74) is 0. The Morgan fingerprint density at radius 2 is 2.29 bits per heavy atom. The minimum atomic E-state index is -4.68. The van der Waals surface area contributed by atoms with Gasteiger partial charge in [0.15, 0.2) is 0 Å². The fourth-order valence-corrected chi connectivity index (χ4v) is 2.82. The van der Waals surface area contributed by atoms with E-state index in [9.17, 15) is 23.2 Å². The Hall–Kier alpha value is -1.01. The number of nitrogens with zero attached hydrogens (tertiary/aromatic N) is 4. The number of aromatic nitrogens is 2. The highest BCUT2D eigenvalue weighted by molar-refractivity contribution is 7.15. The number of quaternary nitrogens is 1. The zero-order valence-corrected chi connectivity index (χ0v) is 12.2. The van der Waals surface area contributed by atoms with Crippen molar-refractivity contribution in [2.24, 2.45) is 0 Å². The number of esters is 1. The van der Waals surface area contributed by atoms with Gasteiger partial charge in [0, 0.05) is 6.92 Å². The normalized spacial score (nSPS) is 27.0. The van der Waals surface area contributed by atoms with Gasteiger partial charge in [0.1, 0.15) is 6.67 Å². The molecule has 12 heteroatoms. The Bertz CT molecular complexity index is 543. The molecular weight excluding hydrogens is 337 g/mol. The molecule has 1 aromatic rings. The van der Waals surface area contributed by atoms with Crippen LogP contribution in [-0.2, 0) is 15.7 Å². The highest BCUT2D eigenvalue weighted by Gasteiger charge is 2.47. The lowest BCUT2D eigenvalue weighted by atomic mass is 10.5. The molecule has 0 amide bonds. The van der Waals surface area contributed by atoms with Crippen LogP contribution in [0, 0.1) is 5.21 Å². The topological polar surface area (TPSA) is 78.4 Å². The van der Waals surface area contributed by atoms with E-state index in [-0.39, 0.29) is 30.6 Å². The predicted molar refractivity (Wildman–Crippen MR) is 67.9 cm³/mol. The Balaban J connectivity index is 2.33. The third-order valence-corrected chi connectivity index (χ3v) is 4.16. The number of rotatable bonds is 3. The van der Waals surface area contributed by atoms with Gasteiger partial charge in [0.05, 0.1) is 12.5 Å². The maximum absolute atomic E-state index is 12.8. The zero-order chi connectivity index (χ0) is 15.8. The van der Waals surface area contributed by atoms with Crippen molar-refractivity contribution in [2.75, 3.05) is 19.2 Å². The average molecular weight is 347 g/mol. The highest BCUT2D eigenvalue weighted by atomic mass is 35.5. The maximum Gasteiger partial charge on any atom is 0.445 e. The summed E-state index contributed by atoms with van der Waals surface area (Å²) in [5, 5.41) is 17.4. The van der Waals surface area contributed by atoms with Gasteiger partial charge in [0.2, 0.25) is 5.01 Å². The molecule has 7 nitrogen and oxygen atoms in total. The standard InChI is InChI=1S/C9H10ClF3N4O3S/c1-5(18)20-6-2-16(3-10)4-17(6,19)8-15-14-7(21-8)9(11,12)13/h6H,2-4H2,1H3. The molecule has 1 saturated heterocycles. The van der Waals surface area contributed by atoms with E-state index in [0.29, 0.717) is 0 Å². The summed E-state index contributed by atoms with van der Waals surface area (Å²) in [7, 11) is 0. The molecule has 2 heterocycles.